The van der Waals surface area contributed by atoms with Crippen molar-refractivity contribution in [2.24, 2.45) is 0 Å². The molecule has 1 unspecified atom stereocenters. The Morgan fingerprint density at radius 2 is 1.58 bits per heavy atom. The van der Waals surface area contributed by atoms with E-state index in [4.69, 9.17) is 9.47 Å². The van der Waals surface area contributed by atoms with Gasteiger partial charge in [-0.15, -0.1) is 0 Å². The van der Waals surface area contributed by atoms with Crippen LogP contribution in [0.2, 0.25) is 0 Å². The largest absolute Gasteiger partial charge is 0.497 e. The first-order chi connectivity index (χ1) is 16.9. The molecule has 0 spiro atoms. The summed E-state index contributed by atoms with van der Waals surface area (Å²) >= 11 is 0. The maximum Gasteiger partial charge on any atom is 0.425 e. The predicted octanol–water partition coefficient (Wildman–Crippen LogP) is 5.25. The van der Waals surface area contributed by atoms with E-state index in [0.717, 1.165) is 59.4 Å². The standard InChI is InChI=1S/C26H24F3NO5S/c1-16(26(27,28)29)35-24-11-10-22(36(3,32)33)13-23(24)25(31)30-14-19-5-4-18(12-20(19)15-30)17-6-8-21(34-2)9-7-17/h4-13,16H,14-15H2,1-3H3. The van der Waals surface area contributed by atoms with Crippen molar-refractivity contribution in [2.75, 3.05) is 13.4 Å². The molecule has 1 aliphatic rings. The van der Waals surface area contributed by atoms with Crippen LogP contribution in [-0.2, 0) is 22.9 Å². The summed E-state index contributed by atoms with van der Waals surface area (Å²) in [6, 6.07) is 16.6. The topological polar surface area (TPSA) is 72.9 Å². The van der Waals surface area contributed by atoms with Crippen LogP contribution >= 0.6 is 0 Å². The number of hydrogen-bond donors (Lipinski definition) is 0. The summed E-state index contributed by atoms with van der Waals surface area (Å²) < 4.78 is 73.7. The van der Waals surface area contributed by atoms with Gasteiger partial charge < -0.3 is 14.4 Å². The van der Waals surface area contributed by atoms with Crippen molar-refractivity contribution >= 4 is 15.7 Å². The van der Waals surface area contributed by atoms with Crippen molar-refractivity contribution in [3.05, 3.63) is 77.4 Å². The SMILES string of the molecule is COc1ccc(-c2ccc3c(c2)CN(C(=O)c2cc(S(C)(=O)=O)ccc2OC(C)C(F)(F)F)C3)cc1. The number of alkyl halides is 3. The number of carbonyl (C=O) groups is 1. The monoisotopic (exact) mass is 519 g/mol. The second-order valence-electron chi connectivity index (χ2n) is 8.61. The van der Waals surface area contributed by atoms with Crippen molar-refractivity contribution in [1.29, 1.82) is 0 Å². The summed E-state index contributed by atoms with van der Waals surface area (Å²) in [5, 5.41) is 0. The molecule has 0 fully saturated rings. The van der Waals surface area contributed by atoms with E-state index in [1.54, 1.807) is 7.11 Å². The molecule has 6 nitrogen and oxygen atoms in total. The molecule has 1 heterocycles. The highest BCUT2D eigenvalue weighted by Crippen LogP contribution is 2.34. The molecule has 4 rings (SSSR count). The number of sulfone groups is 1. The van der Waals surface area contributed by atoms with Gasteiger partial charge in [0.2, 0.25) is 0 Å². The zero-order chi connectivity index (χ0) is 26.3. The third-order valence-corrected chi connectivity index (χ3v) is 7.12. The number of methoxy groups -OCH3 is 1. The second kappa shape index (κ2) is 9.50. The zero-order valence-corrected chi connectivity index (χ0v) is 20.6. The molecule has 1 amide bonds. The lowest BCUT2D eigenvalue weighted by Crippen LogP contribution is -2.32. The molecule has 0 saturated heterocycles. The number of amides is 1. The predicted molar refractivity (Wildman–Crippen MR) is 128 cm³/mol. The van der Waals surface area contributed by atoms with Gasteiger partial charge in [-0.1, -0.05) is 24.3 Å². The van der Waals surface area contributed by atoms with Crippen LogP contribution in [0.1, 0.15) is 28.4 Å². The van der Waals surface area contributed by atoms with Crippen LogP contribution in [0.15, 0.2) is 65.6 Å². The first-order valence-corrected chi connectivity index (χ1v) is 12.9. The summed E-state index contributed by atoms with van der Waals surface area (Å²) in [4.78, 5) is 14.7. The van der Waals surface area contributed by atoms with Gasteiger partial charge in [0.15, 0.2) is 15.9 Å². The molecular weight excluding hydrogens is 495 g/mol. The summed E-state index contributed by atoms with van der Waals surface area (Å²) in [7, 11) is -2.12. The average Bonchev–Trinajstić information content (AvgIpc) is 3.26. The molecule has 3 aromatic carbocycles. The van der Waals surface area contributed by atoms with Gasteiger partial charge in [-0.3, -0.25) is 4.79 Å². The number of fused-ring (bicyclic) bond motifs is 1. The Hall–Kier alpha value is -3.53. The molecule has 10 heteroatoms. The average molecular weight is 520 g/mol. The third kappa shape index (κ3) is 5.33. The molecule has 36 heavy (non-hydrogen) atoms. The Balaban J connectivity index is 1.63. The maximum atomic E-state index is 13.4. The van der Waals surface area contributed by atoms with Crippen molar-refractivity contribution in [2.45, 2.75) is 37.2 Å². The van der Waals surface area contributed by atoms with Crippen LogP contribution in [0.5, 0.6) is 11.5 Å². The normalized spacial score (nSPS) is 14.3. The summed E-state index contributed by atoms with van der Waals surface area (Å²) in [6.45, 7) is 1.27. The van der Waals surface area contributed by atoms with E-state index in [-0.39, 0.29) is 29.3 Å². The minimum atomic E-state index is -4.66. The van der Waals surface area contributed by atoms with Gasteiger partial charge in [0.05, 0.1) is 17.6 Å². The smallest absolute Gasteiger partial charge is 0.425 e. The number of nitrogens with zero attached hydrogens (tertiary/aromatic N) is 1. The molecule has 0 aliphatic carbocycles. The van der Waals surface area contributed by atoms with Gasteiger partial charge in [-0.25, -0.2) is 8.42 Å². The van der Waals surface area contributed by atoms with Gasteiger partial charge >= 0.3 is 6.18 Å². The first kappa shape index (κ1) is 25.6. The second-order valence-corrected chi connectivity index (χ2v) is 10.6. The molecule has 0 aromatic heterocycles. The summed E-state index contributed by atoms with van der Waals surface area (Å²) in [5.41, 5.74) is 3.44. The number of hydrogen-bond acceptors (Lipinski definition) is 5. The van der Waals surface area contributed by atoms with Crippen molar-refractivity contribution in [1.82, 2.24) is 4.90 Å². The highest BCUT2D eigenvalue weighted by atomic mass is 32.2. The number of carbonyl (C=O) groups excluding carboxylic acids is 1. The molecule has 0 radical (unpaired) electrons. The van der Waals surface area contributed by atoms with E-state index in [0.29, 0.717) is 0 Å². The lowest BCUT2D eigenvalue weighted by Gasteiger charge is -2.22. The lowest BCUT2D eigenvalue weighted by molar-refractivity contribution is -0.189. The Labute approximate surface area is 207 Å². The van der Waals surface area contributed by atoms with Gasteiger partial charge in [-0.05, 0) is 65.6 Å². The highest BCUT2D eigenvalue weighted by Gasteiger charge is 2.39. The minimum Gasteiger partial charge on any atom is -0.497 e. The van der Waals surface area contributed by atoms with Crippen LogP contribution in [-0.4, -0.2) is 44.9 Å². The minimum absolute atomic E-state index is 0.184. The fourth-order valence-corrected chi connectivity index (χ4v) is 4.59. The Kier molecular flexibility index (Phi) is 6.74. The molecule has 0 N–H and O–H groups in total. The lowest BCUT2D eigenvalue weighted by atomic mass is 10.0. The maximum absolute atomic E-state index is 13.4. The molecule has 190 valence electrons. The van der Waals surface area contributed by atoms with Crippen molar-refractivity contribution in [3.63, 3.8) is 0 Å². The molecule has 0 bridgehead atoms. The first-order valence-electron chi connectivity index (χ1n) is 11.0. The van der Waals surface area contributed by atoms with Crippen LogP contribution < -0.4 is 9.47 Å². The van der Waals surface area contributed by atoms with E-state index >= 15 is 0 Å². The van der Waals surface area contributed by atoms with Gasteiger partial charge in [0.1, 0.15) is 11.5 Å². The fourth-order valence-electron chi connectivity index (χ4n) is 3.94. The Morgan fingerprint density at radius 3 is 2.19 bits per heavy atom. The van der Waals surface area contributed by atoms with E-state index in [1.165, 1.54) is 4.90 Å². The number of ether oxygens (including phenoxy) is 2. The van der Waals surface area contributed by atoms with Crippen LogP contribution in [0.3, 0.4) is 0 Å². The molecule has 0 saturated carbocycles. The van der Waals surface area contributed by atoms with Gasteiger partial charge in [-0.2, -0.15) is 13.2 Å². The third-order valence-electron chi connectivity index (χ3n) is 6.01. The van der Waals surface area contributed by atoms with E-state index in [9.17, 15) is 26.4 Å². The summed E-state index contributed by atoms with van der Waals surface area (Å²) in [6.07, 6.45) is -5.88. The zero-order valence-electron chi connectivity index (χ0n) is 19.8. The number of benzene rings is 3. The fraction of sp³-hybridized carbons (Fsp3) is 0.269. The Morgan fingerprint density at radius 1 is 0.944 bits per heavy atom. The molecule has 1 aliphatic heterocycles. The van der Waals surface area contributed by atoms with Crippen molar-refractivity contribution < 1.29 is 35.9 Å². The number of halogens is 3. The van der Waals surface area contributed by atoms with E-state index in [1.807, 2.05) is 42.5 Å². The van der Waals surface area contributed by atoms with Crippen LogP contribution in [0, 0.1) is 0 Å². The van der Waals surface area contributed by atoms with Crippen LogP contribution in [0.25, 0.3) is 11.1 Å². The van der Waals surface area contributed by atoms with Gasteiger partial charge in [0, 0.05) is 19.3 Å². The van der Waals surface area contributed by atoms with Crippen LogP contribution in [0.4, 0.5) is 13.2 Å². The van der Waals surface area contributed by atoms with E-state index < -0.39 is 28.0 Å². The Bertz CT molecular complexity index is 1400. The molecular formula is C26H24F3NO5S. The molecule has 3 aromatic rings. The highest BCUT2D eigenvalue weighted by molar-refractivity contribution is 7.90. The van der Waals surface area contributed by atoms with Crippen molar-refractivity contribution in [3.8, 4) is 22.6 Å². The van der Waals surface area contributed by atoms with E-state index in [2.05, 4.69) is 0 Å². The quantitative estimate of drug-likeness (QED) is 0.445. The molecule has 1 atom stereocenters. The van der Waals surface area contributed by atoms with Gasteiger partial charge in [0.25, 0.3) is 5.91 Å². The summed E-state index contributed by atoms with van der Waals surface area (Å²) in [5.74, 6) is -0.218. The number of rotatable bonds is 6.